The van der Waals surface area contributed by atoms with E-state index in [-0.39, 0.29) is 17.6 Å². The molecule has 0 spiro atoms. The van der Waals surface area contributed by atoms with Crippen LogP contribution >= 0.6 is 0 Å². The fourth-order valence-corrected chi connectivity index (χ4v) is 1.58. The number of halogens is 2. The second-order valence-electron chi connectivity index (χ2n) is 4.08. The number of carbonyl (C=O) groups is 1. The molecule has 0 radical (unpaired) electrons. The highest BCUT2D eigenvalue weighted by Gasteiger charge is 2.13. The molecule has 0 bridgehead atoms. The van der Waals surface area contributed by atoms with Crippen molar-refractivity contribution >= 4 is 5.91 Å². The van der Waals surface area contributed by atoms with E-state index in [0.717, 1.165) is 5.56 Å². The smallest absolute Gasteiger partial charge is 0.387 e. The van der Waals surface area contributed by atoms with Gasteiger partial charge >= 0.3 is 6.61 Å². The van der Waals surface area contributed by atoms with Gasteiger partial charge in [-0.3, -0.25) is 4.79 Å². The Balaban J connectivity index is 2.47. The third-order valence-electron chi connectivity index (χ3n) is 2.76. The van der Waals surface area contributed by atoms with Gasteiger partial charge in [-0.05, 0) is 24.1 Å². The zero-order chi connectivity index (χ0) is 14.3. The zero-order valence-corrected chi connectivity index (χ0v) is 10.7. The molecule has 0 aliphatic rings. The quantitative estimate of drug-likeness (QED) is 0.796. The number of rotatable bonds is 7. The molecule has 1 rings (SSSR count). The number of ether oxygens (including phenoxy) is 1. The third-order valence-corrected chi connectivity index (χ3v) is 2.76. The fourth-order valence-electron chi connectivity index (χ4n) is 1.58. The Kier molecular flexibility index (Phi) is 6.21. The SMILES string of the molecule is CCC(CN)C(=O)NCc1ccc(OC(F)F)cc1. The summed E-state index contributed by atoms with van der Waals surface area (Å²) >= 11 is 0. The van der Waals surface area contributed by atoms with Crippen LogP contribution in [0.25, 0.3) is 0 Å². The van der Waals surface area contributed by atoms with Gasteiger partial charge in [0.25, 0.3) is 0 Å². The van der Waals surface area contributed by atoms with Crippen LogP contribution in [-0.2, 0) is 11.3 Å². The number of hydrogen-bond acceptors (Lipinski definition) is 3. The van der Waals surface area contributed by atoms with Crippen molar-refractivity contribution in [2.45, 2.75) is 26.5 Å². The Morgan fingerprint density at radius 2 is 2.00 bits per heavy atom. The van der Waals surface area contributed by atoms with Crippen LogP contribution in [0.3, 0.4) is 0 Å². The van der Waals surface area contributed by atoms with Gasteiger partial charge in [-0.25, -0.2) is 0 Å². The maximum absolute atomic E-state index is 12.0. The van der Waals surface area contributed by atoms with Crippen molar-refractivity contribution in [3.63, 3.8) is 0 Å². The predicted octanol–water partition coefficient (Wildman–Crippen LogP) is 1.89. The molecule has 19 heavy (non-hydrogen) atoms. The highest BCUT2D eigenvalue weighted by Crippen LogP contribution is 2.14. The summed E-state index contributed by atoms with van der Waals surface area (Å²) in [6.45, 7) is -0.290. The van der Waals surface area contributed by atoms with Gasteiger partial charge in [0.2, 0.25) is 5.91 Å². The fraction of sp³-hybridized carbons (Fsp3) is 0.462. The first-order valence-corrected chi connectivity index (χ1v) is 6.08. The minimum atomic E-state index is -2.83. The molecule has 3 N–H and O–H groups in total. The number of hydrogen-bond donors (Lipinski definition) is 2. The number of carbonyl (C=O) groups excluding carboxylic acids is 1. The molecule has 0 fully saturated rings. The Hall–Kier alpha value is -1.69. The van der Waals surface area contributed by atoms with Crippen LogP contribution in [0.5, 0.6) is 5.75 Å². The average Bonchev–Trinajstić information content (AvgIpc) is 2.38. The molecule has 0 aromatic heterocycles. The summed E-state index contributed by atoms with van der Waals surface area (Å²) in [5, 5.41) is 2.75. The van der Waals surface area contributed by atoms with Gasteiger partial charge in [-0.15, -0.1) is 0 Å². The van der Waals surface area contributed by atoms with E-state index >= 15 is 0 Å². The maximum atomic E-state index is 12.0. The van der Waals surface area contributed by atoms with Crippen molar-refractivity contribution in [2.75, 3.05) is 6.54 Å². The molecule has 4 nitrogen and oxygen atoms in total. The van der Waals surface area contributed by atoms with E-state index in [9.17, 15) is 13.6 Å². The third kappa shape index (κ3) is 5.21. The normalized spacial score (nSPS) is 12.3. The largest absolute Gasteiger partial charge is 0.435 e. The average molecular weight is 272 g/mol. The predicted molar refractivity (Wildman–Crippen MR) is 67.8 cm³/mol. The maximum Gasteiger partial charge on any atom is 0.387 e. The van der Waals surface area contributed by atoms with Crippen molar-refractivity contribution in [3.05, 3.63) is 29.8 Å². The lowest BCUT2D eigenvalue weighted by atomic mass is 10.1. The molecule has 0 heterocycles. The van der Waals surface area contributed by atoms with E-state index in [1.54, 1.807) is 12.1 Å². The van der Waals surface area contributed by atoms with Crippen LogP contribution in [-0.4, -0.2) is 19.1 Å². The van der Waals surface area contributed by atoms with E-state index in [1.807, 2.05) is 6.92 Å². The minimum absolute atomic E-state index is 0.0958. The monoisotopic (exact) mass is 272 g/mol. The summed E-state index contributed by atoms with van der Waals surface area (Å²) in [5.74, 6) is -0.196. The number of benzene rings is 1. The van der Waals surface area contributed by atoms with E-state index in [2.05, 4.69) is 10.1 Å². The Morgan fingerprint density at radius 1 is 1.37 bits per heavy atom. The van der Waals surface area contributed by atoms with Crippen molar-refractivity contribution in [1.29, 1.82) is 0 Å². The highest BCUT2D eigenvalue weighted by molar-refractivity contribution is 5.78. The van der Waals surface area contributed by atoms with Crippen LogP contribution in [0.2, 0.25) is 0 Å². The van der Waals surface area contributed by atoms with Gasteiger partial charge in [0.1, 0.15) is 5.75 Å². The van der Waals surface area contributed by atoms with Crippen molar-refractivity contribution in [2.24, 2.45) is 11.7 Å². The molecule has 6 heteroatoms. The molecule has 1 unspecified atom stereocenters. The van der Waals surface area contributed by atoms with Crippen LogP contribution in [0, 0.1) is 5.92 Å². The molecule has 0 aliphatic carbocycles. The summed E-state index contributed by atoms with van der Waals surface area (Å²) in [5.41, 5.74) is 6.28. The second-order valence-corrected chi connectivity index (χ2v) is 4.08. The van der Waals surface area contributed by atoms with Gasteiger partial charge in [0.15, 0.2) is 0 Å². The van der Waals surface area contributed by atoms with Crippen LogP contribution in [0.15, 0.2) is 24.3 Å². The summed E-state index contributed by atoms with van der Waals surface area (Å²) in [6.07, 6.45) is 0.684. The Morgan fingerprint density at radius 3 is 2.47 bits per heavy atom. The van der Waals surface area contributed by atoms with Crippen LogP contribution < -0.4 is 15.8 Å². The molecule has 1 aromatic rings. The summed E-state index contributed by atoms with van der Waals surface area (Å²) in [7, 11) is 0. The molecule has 106 valence electrons. The van der Waals surface area contributed by atoms with Crippen molar-refractivity contribution in [1.82, 2.24) is 5.32 Å². The Bertz CT molecular complexity index is 392. The van der Waals surface area contributed by atoms with Gasteiger partial charge < -0.3 is 15.8 Å². The molecule has 1 amide bonds. The summed E-state index contributed by atoms with van der Waals surface area (Å²) in [4.78, 5) is 11.7. The van der Waals surface area contributed by atoms with E-state index in [0.29, 0.717) is 19.5 Å². The zero-order valence-electron chi connectivity index (χ0n) is 10.7. The first-order valence-electron chi connectivity index (χ1n) is 6.08. The first kappa shape index (κ1) is 15.4. The van der Waals surface area contributed by atoms with Gasteiger partial charge in [0.05, 0.1) is 0 Å². The molecule has 0 aliphatic heterocycles. The highest BCUT2D eigenvalue weighted by atomic mass is 19.3. The van der Waals surface area contributed by atoms with Crippen molar-refractivity contribution < 1.29 is 18.3 Å². The van der Waals surface area contributed by atoms with Crippen LogP contribution in [0.1, 0.15) is 18.9 Å². The topological polar surface area (TPSA) is 64.4 Å². The van der Waals surface area contributed by atoms with Gasteiger partial charge in [0, 0.05) is 19.0 Å². The number of nitrogens with two attached hydrogens (primary N) is 1. The Labute approximate surface area is 110 Å². The first-order chi connectivity index (χ1) is 9.06. The lowest BCUT2D eigenvalue weighted by molar-refractivity contribution is -0.124. The molecule has 1 atom stereocenters. The van der Waals surface area contributed by atoms with Crippen molar-refractivity contribution in [3.8, 4) is 5.75 Å². The number of nitrogens with one attached hydrogen (secondary N) is 1. The lowest BCUT2D eigenvalue weighted by Crippen LogP contribution is -2.34. The van der Waals surface area contributed by atoms with E-state index in [4.69, 9.17) is 5.73 Å². The molecule has 1 aromatic carbocycles. The van der Waals surface area contributed by atoms with E-state index < -0.39 is 6.61 Å². The minimum Gasteiger partial charge on any atom is -0.435 e. The van der Waals surface area contributed by atoms with Crippen LogP contribution in [0.4, 0.5) is 8.78 Å². The summed E-state index contributed by atoms with van der Waals surface area (Å²) in [6, 6.07) is 6.13. The number of amides is 1. The standard InChI is InChI=1S/C13H18F2N2O2/c1-2-10(7-16)12(18)17-8-9-3-5-11(6-4-9)19-13(14)15/h3-6,10,13H,2,7-8,16H2,1H3,(H,17,18). The van der Waals surface area contributed by atoms with Gasteiger partial charge in [-0.2, -0.15) is 8.78 Å². The number of alkyl halides is 2. The molecule has 0 saturated heterocycles. The molecular weight excluding hydrogens is 254 g/mol. The van der Waals surface area contributed by atoms with E-state index in [1.165, 1.54) is 12.1 Å². The second kappa shape index (κ2) is 7.68. The summed E-state index contributed by atoms with van der Waals surface area (Å²) < 4.78 is 28.1. The lowest BCUT2D eigenvalue weighted by Gasteiger charge is -2.12. The molecule has 0 saturated carbocycles. The molecular formula is C13H18F2N2O2. The van der Waals surface area contributed by atoms with Gasteiger partial charge in [-0.1, -0.05) is 19.1 Å².